The molecule has 7 nitrogen and oxygen atoms in total. The molecule has 2 aromatic heterocycles. The molecular weight excluding hydrogens is 460 g/mol. The zero-order valence-corrected chi connectivity index (χ0v) is 20.3. The van der Waals surface area contributed by atoms with E-state index in [0.717, 1.165) is 42.6 Å². The average molecular weight is 487 g/mol. The topological polar surface area (TPSA) is 84.3 Å². The van der Waals surface area contributed by atoms with E-state index in [0.29, 0.717) is 21.5 Å². The van der Waals surface area contributed by atoms with Crippen molar-refractivity contribution in [3.63, 3.8) is 0 Å². The molecule has 1 saturated heterocycles. The van der Waals surface area contributed by atoms with E-state index in [-0.39, 0.29) is 30.3 Å². The van der Waals surface area contributed by atoms with Crippen LogP contribution in [0.1, 0.15) is 35.2 Å². The summed E-state index contributed by atoms with van der Waals surface area (Å²) in [4.78, 5) is 45.2. The van der Waals surface area contributed by atoms with Crippen molar-refractivity contribution in [3.05, 3.63) is 81.7 Å². The van der Waals surface area contributed by atoms with Crippen molar-refractivity contribution < 1.29 is 9.59 Å². The molecule has 0 spiro atoms. The number of fused-ring (bicyclic) bond motifs is 1. The van der Waals surface area contributed by atoms with Gasteiger partial charge in [0.05, 0.1) is 11.7 Å². The number of benzene rings is 2. The third kappa shape index (κ3) is 4.88. The molecule has 4 aromatic rings. The first-order valence-corrected chi connectivity index (χ1v) is 12.6. The first-order chi connectivity index (χ1) is 17.0. The van der Waals surface area contributed by atoms with E-state index in [1.54, 1.807) is 24.3 Å². The molecule has 1 N–H and O–H groups in total. The third-order valence-corrected chi connectivity index (χ3v) is 7.20. The Kier molecular flexibility index (Phi) is 6.46. The third-order valence-electron chi connectivity index (χ3n) is 6.31. The maximum absolute atomic E-state index is 13.2. The number of amides is 2. The number of carbonyl (C=O) groups excluding carboxylic acids is 2. The van der Waals surface area contributed by atoms with E-state index in [2.05, 4.69) is 10.3 Å². The highest BCUT2D eigenvalue weighted by atomic mass is 32.1. The van der Waals surface area contributed by atoms with Gasteiger partial charge in [-0.05, 0) is 49.6 Å². The van der Waals surface area contributed by atoms with Crippen molar-refractivity contribution in [1.82, 2.24) is 14.5 Å². The molecule has 0 bridgehead atoms. The maximum Gasteiger partial charge on any atom is 0.262 e. The van der Waals surface area contributed by atoms with Gasteiger partial charge in [-0.3, -0.25) is 19.0 Å². The number of thiophene rings is 1. The van der Waals surface area contributed by atoms with Crippen LogP contribution < -0.4 is 10.9 Å². The lowest BCUT2D eigenvalue weighted by Gasteiger charge is -2.15. The Balaban J connectivity index is 1.25. The summed E-state index contributed by atoms with van der Waals surface area (Å²) in [6.45, 7) is 3.85. The van der Waals surface area contributed by atoms with Crippen molar-refractivity contribution in [1.29, 1.82) is 0 Å². The van der Waals surface area contributed by atoms with Crippen molar-refractivity contribution in [2.75, 3.05) is 18.4 Å². The average Bonchev–Trinajstić information content (AvgIpc) is 3.55. The van der Waals surface area contributed by atoms with Crippen LogP contribution >= 0.6 is 11.3 Å². The second-order valence-electron chi connectivity index (χ2n) is 8.81. The summed E-state index contributed by atoms with van der Waals surface area (Å²) < 4.78 is 1.49. The van der Waals surface area contributed by atoms with Gasteiger partial charge in [0.2, 0.25) is 5.91 Å². The number of aryl methyl sites for hydroxylation is 2. The van der Waals surface area contributed by atoms with Crippen LogP contribution in [0.3, 0.4) is 0 Å². The largest absolute Gasteiger partial charge is 0.339 e. The molecule has 0 atom stereocenters. The summed E-state index contributed by atoms with van der Waals surface area (Å²) >= 11 is 1.44. The number of carbonyl (C=O) groups is 2. The van der Waals surface area contributed by atoms with E-state index in [4.69, 9.17) is 0 Å². The first-order valence-electron chi connectivity index (χ1n) is 11.7. The Bertz CT molecular complexity index is 1430. The van der Waals surface area contributed by atoms with Gasteiger partial charge in [-0.15, -0.1) is 11.3 Å². The zero-order chi connectivity index (χ0) is 24.4. The fraction of sp³-hybridized carbons (Fsp3) is 0.259. The number of aromatic nitrogens is 2. The van der Waals surface area contributed by atoms with E-state index in [1.807, 2.05) is 41.5 Å². The molecule has 1 fully saturated rings. The highest BCUT2D eigenvalue weighted by Gasteiger charge is 2.19. The van der Waals surface area contributed by atoms with Crippen LogP contribution in [0.25, 0.3) is 21.3 Å². The van der Waals surface area contributed by atoms with E-state index in [9.17, 15) is 14.4 Å². The lowest BCUT2D eigenvalue weighted by Crippen LogP contribution is -2.27. The van der Waals surface area contributed by atoms with Crippen molar-refractivity contribution in [3.8, 4) is 11.1 Å². The molecule has 5 rings (SSSR count). The number of anilines is 1. The number of rotatable bonds is 6. The number of hydrogen-bond donors (Lipinski definition) is 1. The summed E-state index contributed by atoms with van der Waals surface area (Å²) in [6.07, 6.45) is 3.73. The molecule has 2 aromatic carbocycles. The highest BCUT2D eigenvalue weighted by molar-refractivity contribution is 7.17. The van der Waals surface area contributed by atoms with E-state index >= 15 is 0 Å². The van der Waals surface area contributed by atoms with Gasteiger partial charge in [-0.1, -0.05) is 29.8 Å². The highest BCUT2D eigenvalue weighted by Crippen LogP contribution is 2.30. The van der Waals surface area contributed by atoms with Crippen molar-refractivity contribution in [2.24, 2.45) is 0 Å². The summed E-state index contributed by atoms with van der Waals surface area (Å²) in [6, 6.07) is 15.0. The fourth-order valence-corrected chi connectivity index (χ4v) is 5.22. The molecule has 1 aliphatic heterocycles. The predicted octanol–water partition coefficient (Wildman–Crippen LogP) is 4.70. The molecule has 35 heavy (non-hydrogen) atoms. The number of nitrogens with one attached hydrogen (secondary N) is 1. The van der Waals surface area contributed by atoms with Crippen LogP contribution in [0, 0.1) is 6.92 Å². The second kappa shape index (κ2) is 9.84. The van der Waals surface area contributed by atoms with Crippen molar-refractivity contribution in [2.45, 2.75) is 32.7 Å². The molecule has 0 unspecified atom stereocenters. The maximum atomic E-state index is 13.2. The Morgan fingerprint density at radius 2 is 1.74 bits per heavy atom. The van der Waals surface area contributed by atoms with Crippen molar-refractivity contribution >= 4 is 39.1 Å². The molecule has 3 heterocycles. The molecular formula is C27H26N4O3S. The van der Waals surface area contributed by atoms with Gasteiger partial charge in [0.15, 0.2) is 0 Å². The van der Waals surface area contributed by atoms with E-state index < -0.39 is 0 Å². The SMILES string of the molecule is Cc1ccc(-c2csc3ncn(CCC(=O)Nc4ccc(C(=O)N5CCCC5)cc4)c(=O)c23)cc1. The number of likely N-dealkylation sites (tertiary alicyclic amines) is 1. The van der Waals surface area contributed by atoms with Gasteiger partial charge in [-0.2, -0.15) is 0 Å². The summed E-state index contributed by atoms with van der Waals surface area (Å²) in [5.41, 5.74) is 4.09. The van der Waals surface area contributed by atoms with Crippen LogP contribution in [0.15, 0.2) is 65.0 Å². The monoisotopic (exact) mass is 486 g/mol. The van der Waals surface area contributed by atoms with Crippen LogP contribution in [0.5, 0.6) is 0 Å². The predicted molar refractivity (Wildman–Crippen MR) is 139 cm³/mol. The molecule has 0 aliphatic carbocycles. The fourth-order valence-electron chi connectivity index (χ4n) is 4.32. The van der Waals surface area contributed by atoms with Gasteiger partial charge in [-0.25, -0.2) is 4.98 Å². The molecule has 0 radical (unpaired) electrons. The van der Waals surface area contributed by atoms with Gasteiger partial charge >= 0.3 is 0 Å². The Labute approximate surface area is 207 Å². The Morgan fingerprint density at radius 3 is 2.46 bits per heavy atom. The molecule has 2 amide bonds. The number of hydrogen-bond acceptors (Lipinski definition) is 5. The molecule has 0 saturated carbocycles. The summed E-state index contributed by atoms with van der Waals surface area (Å²) in [5, 5.41) is 5.39. The van der Waals surface area contributed by atoms with Crippen LogP contribution in [0.4, 0.5) is 5.69 Å². The quantitative estimate of drug-likeness (QED) is 0.428. The van der Waals surface area contributed by atoms with Gasteiger partial charge in [0, 0.05) is 48.2 Å². The van der Waals surface area contributed by atoms with Crippen LogP contribution in [-0.4, -0.2) is 39.4 Å². The normalized spacial score (nSPS) is 13.3. The van der Waals surface area contributed by atoms with Gasteiger partial charge in [0.1, 0.15) is 4.83 Å². The summed E-state index contributed by atoms with van der Waals surface area (Å²) in [7, 11) is 0. The first kappa shape index (κ1) is 23.0. The lowest BCUT2D eigenvalue weighted by atomic mass is 10.1. The minimum absolute atomic E-state index is 0.0288. The standard InChI is InChI=1S/C27H26N4O3S/c1-18-4-6-19(7-5-18)22-16-35-25-24(22)27(34)31(17-28-25)15-12-23(32)29-21-10-8-20(9-11-21)26(33)30-13-2-3-14-30/h4-11,16-17H,2-3,12-15H2,1H3,(H,29,32). The number of nitrogens with zero attached hydrogens (tertiary/aromatic N) is 3. The second-order valence-corrected chi connectivity index (χ2v) is 9.67. The Morgan fingerprint density at radius 1 is 1.03 bits per heavy atom. The minimum atomic E-state index is -0.209. The molecule has 8 heteroatoms. The minimum Gasteiger partial charge on any atom is -0.339 e. The van der Waals surface area contributed by atoms with Gasteiger partial charge in [0.25, 0.3) is 11.5 Å². The van der Waals surface area contributed by atoms with Crippen LogP contribution in [0.2, 0.25) is 0 Å². The van der Waals surface area contributed by atoms with Crippen LogP contribution in [-0.2, 0) is 11.3 Å². The molecule has 1 aliphatic rings. The smallest absolute Gasteiger partial charge is 0.262 e. The molecule has 178 valence electrons. The Hall–Kier alpha value is -3.78. The summed E-state index contributed by atoms with van der Waals surface area (Å²) in [5.74, 6) is -0.180. The van der Waals surface area contributed by atoms with Gasteiger partial charge < -0.3 is 10.2 Å². The van der Waals surface area contributed by atoms with E-state index in [1.165, 1.54) is 22.2 Å². The lowest BCUT2D eigenvalue weighted by molar-refractivity contribution is -0.116. The zero-order valence-electron chi connectivity index (χ0n) is 19.5.